The first-order valence-corrected chi connectivity index (χ1v) is 7.07. The summed E-state index contributed by atoms with van der Waals surface area (Å²) in [7, 11) is 0. The summed E-state index contributed by atoms with van der Waals surface area (Å²) in [6, 6.07) is 4.92. The Hall–Kier alpha value is -1.95. The third kappa shape index (κ3) is 2.16. The first kappa shape index (κ1) is 13.1. The number of nitrogens with zero attached hydrogens (tertiary/aromatic N) is 2. The molecule has 106 valence electrons. The van der Waals surface area contributed by atoms with Crippen molar-refractivity contribution < 1.29 is 9.72 Å². The Morgan fingerprint density at radius 3 is 2.50 bits per heavy atom. The summed E-state index contributed by atoms with van der Waals surface area (Å²) in [5.41, 5.74) is 4.99. The number of hydrogen-bond acceptors (Lipinski definition) is 3. The van der Waals surface area contributed by atoms with Crippen LogP contribution in [0.1, 0.15) is 31.2 Å². The quantitative estimate of drug-likeness (QED) is 0.485. The molecular formula is C14H18N3O3+. The molecule has 1 saturated heterocycles. The van der Waals surface area contributed by atoms with Crippen LogP contribution in [-0.4, -0.2) is 23.9 Å². The standard InChI is InChI=1S/C14H17N3O3/c18-14-10-11-9-12(16(19)20)5-6-13(11)17(15-14)7-3-1-2-4-8-17/h5-6,9H,1-4,7-8,10H2/p+1. The Bertz CT molecular complexity index is 563. The number of nitrogens with one attached hydrogen (secondary N) is 1. The fraction of sp³-hybridized carbons (Fsp3) is 0.500. The maximum Gasteiger partial charge on any atom is 0.270 e. The number of nitro benzene ring substituents is 1. The van der Waals surface area contributed by atoms with Gasteiger partial charge in [0.25, 0.3) is 11.6 Å². The molecule has 0 aromatic heterocycles. The van der Waals surface area contributed by atoms with Gasteiger partial charge in [0, 0.05) is 23.8 Å². The van der Waals surface area contributed by atoms with Crippen LogP contribution in [0.4, 0.5) is 11.4 Å². The molecule has 2 aliphatic heterocycles. The monoisotopic (exact) mass is 276 g/mol. The van der Waals surface area contributed by atoms with Gasteiger partial charge in [-0.1, -0.05) is 0 Å². The van der Waals surface area contributed by atoms with Gasteiger partial charge < -0.3 is 0 Å². The fourth-order valence-corrected chi connectivity index (χ4v) is 3.34. The van der Waals surface area contributed by atoms with E-state index in [-0.39, 0.29) is 18.0 Å². The molecule has 1 N–H and O–H groups in total. The van der Waals surface area contributed by atoms with Crippen molar-refractivity contribution in [1.29, 1.82) is 0 Å². The van der Waals surface area contributed by atoms with Crippen molar-refractivity contribution in [2.24, 2.45) is 0 Å². The van der Waals surface area contributed by atoms with Crippen molar-refractivity contribution in [3.63, 3.8) is 0 Å². The van der Waals surface area contributed by atoms with Crippen molar-refractivity contribution >= 4 is 17.3 Å². The highest BCUT2D eigenvalue weighted by atomic mass is 16.6. The van der Waals surface area contributed by atoms with Crippen LogP contribution >= 0.6 is 0 Å². The molecule has 1 aromatic carbocycles. The summed E-state index contributed by atoms with van der Waals surface area (Å²) in [4.78, 5) is 22.5. The number of amides is 1. The van der Waals surface area contributed by atoms with Gasteiger partial charge in [-0.2, -0.15) is 10.0 Å². The van der Waals surface area contributed by atoms with Crippen molar-refractivity contribution in [1.82, 2.24) is 10.0 Å². The number of nitro groups is 1. The number of carbonyl (C=O) groups is 1. The lowest BCUT2D eigenvalue weighted by Crippen LogP contribution is -2.65. The van der Waals surface area contributed by atoms with Crippen LogP contribution in [0.2, 0.25) is 0 Å². The molecule has 0 radical (unpaired) electrons. The molecule has 6 heteroatoms. The van der Waals surface area contributed by atoms with Crippen LogP contribution in [0.25, 0.3) is 0 Å². The number of carbonyl (C=O) groups excluding carboxylic acids is 1. The molecule has 6 nitrogen and oxygen atoms in total. The summed E-state index contributed by atoms with van der Waals surface area (Å²) >= 11 is 0. The Labute approximate surface area is 117 Å². The molecule has 3 rings (SSSR count). The Morgan fingerprint density at radius 2 is 1.85 bits per heavy atom. The lowest BCUT2D eigenvalue weighted by molar-refractivity contribution is -0.384. The van der Waals surface area contributed by atoms with Gasteiger partial charge in [0.2, 0.25) is 0 Å². The van der Waals surface area contributed by atoms with E-state index in [1.54, 1.807) is 12.1 Å². The molecule has 2 heterocycles. The van der Waals surface area contributed by atoms with E-state index in [4.69, 9.17) is 0 Å². The molecule has 1 spiro atoms. The highest BCUT2D eigenvalue weighted by molar-refractivity contribution is 5.84. The van der Waals surface area contributed by atoms with Crippen LogP contribution in [0.3, 0.4) is 0 Å². The number of benzene rings is 1. The highest BCUT2D eigenvalue weighted by Crippen LogP contribution is 2.34. The fourth-order valence-electron chi connectivity index (χ4n) is 3.34. The zero-order chi connectivity index (χ0) is 14.2. The van der Waals surface area contributed by atoms with Crippen LogP contribution in [0.5, 0.6) is 0 Å². The first-order chi connectivity index (χ1) is 9.61. The molecule has 1 amide bonds. The molecule has 20 heavy (non-hydrogen) atoms. The average Bonchev–Trinajstić information content (AvgIpc) is 2.64. The zero-order valence-electron chi connectivity index (χ0n) is 11.3. The second kappa shape index (κ2) is 4.86. The first-order valence-electron chi connectivity index (χ1n) is 7.07. The third-order valence-electron chi connectivity index (χ3n) is 4.25. The van der Waals surface area contributed by atoms with E-state index in [0.717, 1.165) is 37.2 Å². The molecule has 0 saturated carbocycles. The van der Waals surface area contributed by atoms with E-state index in [9.17, 15) is 14.9 Å². The Morgan fingerprint density at radius 1 is 1.15 bits per heavy atom. The van der Waals surface area contributed by atoms with Crippen LogP contribution in [0, 0.1) is 10.1 Å². The topological polar surface area (TPSA) is 72.2 Å². The van der Waals surface area contributed by atoms with Gasteiger partial charge in [-0.15, -0.1) is 0 Å². The van der Waals surface area contributed by atoms with E-state index in [0.29, 0.717) is 4.59 Å². The number of quaternary nitrogens is 1. The minimum absolute atomic E-state index is 0.0418. The second-order valence-electron chi connectivity index (χ2n) is 5.61. The predicted molar refractivity (Wildman–Crippen MR) is 74.9 cm³/mol. The smallest absolute Gasteiger partial charge is 0.270 e. The van der Waals surface area contributed by atoms with Gasteiger partial charge in [-0.25, -0.2) is 0 Å². The summed E-state index contributed by atoms with van der Waals surface area (Å²) in [6.45, 7) is 1.74. The second-order valence-corrected chi connectivity index (χ2v) is 5.61. The SMILES string of the molecule is O=C1Cc2cc([N+](=O)[O-])ccc2[N+]2(CCCCCC2)N1. The average molecular weight is 276 g/mol. The van der Waals surface area contributed by atoms with Gasteiger partial charge in [-0.3, -0.25) is 14.9 Å². The molecular weight excluding hydrogens is 258 g/mol. The number of fused-ring (bicyclic) bond motifs is 2. The van der Waals surface area contributed by atoms with Crippen molar-refractivity contribution in [3.8, 4) is 0 Å². The van der Waals surface area contributed by atoms with E-state index in [1.165, 1.54) is 12.8 Å². The van der Waals surface area contributed by atoms with Crippen molar-refractivity contribution in [2.75, 3.05) is 13.1 Å². The van der Waals surface area contributed by atoms with Crippen molar-refractivity contribution in [3.05, 3.63) is 33.9 Å². The summed E-state index contributed by atoms with van der Waals surface area (Å²) in [6.07, 6.45) is 4.72. The van der Waals surface area contributed by atoms with Gasteiger partial charge in [0.05, 0.1) is 11.3 Å². The maximum absolute atomic E-state index is 12.0. The molecule has 0 aliphatic carbocycles. The predicted octanol–water partition coefficient (Wildman–Crippen LogP) is 2.06. The summed E-state index contributed by atoms with van der Waals surface area (Å²) < 4.78 is 0.464. The molecule has 0 unspecified atom stereocenters. The minimum Gasteiger partial charge on any atom is -0.270 e. The van der Waals surface area contributed by atoms with Gasteiger partial charge in [-0.05, 0) is 25.7 Å². The molecule has 0 atom stereocenters. The number of non-ortho nitro benzene ring substituents is 1. The lowest BCUT2D eigenvalue weighted by Gasteiger charge is -2.40. The number of rotatable bonds is 1. The van der Waals surface area contributed by atoms with Gasteiger partial charge >= 0.3 is 0 Å². The van der Waals surface area contributed by atoms with E-state index >= 15 is 0 Å². The largest absolute Gasteiger partial charge is 0.270 e. The lowest BCUT2D eigenvalue weighted by atomic mass is 10.0. The number of hydrogen-bond donors (Lipinski definition) is 1. The molecule has 1 fully saturated rings. The highest BCUT2D eigenvalue weighted by Gasteiger charge is 2.40. The van der Waals surface area contributed by atoms with Gasteiger partial charge in [0.1, 0.15) is 13.1 Å². The Kier molecular flexibility index (Phi) is 3.17. The minimum atomic E-state index is -0.403. The van der Waals surface area contributed by atoms with Crippen LogP contribution in [-0.2, 0) is 11.2 Å². The van der Waals surface area contributed by atoms with Crippen LogP contribution in [0.15, 0.2) is 18.2 Å². The van der Waals surface area contributed by atoms with Crippen LogP contribution < -0.4 is 10.0 Å². The summed E-state index contributed by atoms with van der Waals surface area (Å²) in [5.74, 6) is -0.0418. The molecule has 0 bridgehead atoms. The molecule has 1 aromatic rings. The van der Waals surface area contributed by atoms with E-state index in [1.807, 2.05) is 6.07 Å². The van der Waals surface area contributed by atoms with E-state index in [2.05, 4.69) is 5.43 Å². The van der Waals surface area contributed by atoms with Crippen molar-refractivity contribution in [2.45, 2.75) is 32.1 Å². The van der Waals surface area contributed by atoms with Gasteiger partial charge in [0.15, 0.2) is 5.69 Å². The summed E-state index contributed by atoms with van der Waals surface area (Å²) in [5, 5.41) is 10.9. The third-order valence-corrected chi connectivity index (χ3v) is 4.25. The maximum atomic E-state index is 12.0. The molecule has 2 aliphatic rings. The van der Waals surface area contributed by atoms with E-state index < -0.39 is 4.92 Å². The zero-order valence-corrected chi connectivity index (χ0v) is 11.3. The normalized spacial score (nSPS) is 20.9. The Balaban J connectivity index is 2.07.